The Labute approximate surface area is 70.5 Å². The van der Waals surface area contributed by atoms with E-state index in [1.54, 1.807) is 0 Å². The van der Waals surface area contributed by atoms with Gasteiger partial charge in [-0.15, -0.1) is 0 Å². The van der Waals surface area contributed by atoms with E-state index in [0.717, 1.165) is 0 Å². The highest BCUT2D eigenvalue weighted by Crippen LogP contribution is 2.11. The summed E-state index contributed by atoms with van der Waals surface area (Å²) < 4.78 is 5.08. The van der Waals surface area contributed by atoms with Crippen LogP contribution in [0.25, 0.3) is 0 Å². The van der Waals surface area contributed by atoms with Crippen molar-refractivity contribution in [3.05, 3.63) is 18.0 Å². The maximum Gasteiger partial charge on any atom is 0.232 e. The lowest BCUT2D eigenvalue weighted by molar-refractivity contribution is 0.224. The molecule has 0 atom stereocenters. The zero-order valence-corrected chi connectivity index (χ0v) is 6.66. The minimum atomic E-state index is 0.234. The van der Waals surface area contributed by atoms with Crippen LogP contribution in [0.3, 0.4) is 0 Å². The summed E-state index contributed by atoms with van der Waals surface area (Å²) in [5.74, 6) is 0.508. The zero-order valence-electron chi connectivity index (χ0n) is 6.66. The first kappa shape index (κ1) is 8.40. The first-order chi connectivity index (χ1) is 5.77. The molecule has 0 spiro atoms. The standard InChI is InChI=1S/C7H9N4O/c1-2-12-6-5(3-8)4-10-7(9)11-6/h4H,2H2,1H3,(H3,9,10,11). The molecule has 0 saturated heterocycles. The van der Waals surface area contributed by atoms with Gasteiger partial charge < -0.3 is 15.8 Å². The summed E-state index contributed by atoms with van der Waals surface area (Å²) in [5, 5.41) is 11.2. The van der Waals surface area contributed by atoms with Crippen molar-refractivity contribution in [1.82, 2.24) is 5.32 Å². The number of rotatable bonds is 2. The molecule has 0 aliphatic carbocycles. The van der Waals surface area contributed by atoms with Crippen LogP contribution in [0.4, 0.5) is 0 Å². The van der Waals surface area contributed by atoms with Crippen molar-refractivity contribution in [2.45, 2.75) is 6.92 Å². The Morgan fingerprint density at radius 3 is 3.17 bits per heavy atom. The van der Waals surface area contributed by atoms with Gasteiger partial charge in [0.05, 0.1) is 13.2 Å². The molecule has 0 fully saturated rings. The Morgan fingerprint density at radius 1 is 1.83 bits per heavy atom. The quantitative estimate of drug-likeness (QED) is 0.595. The highest BCUT2D eigenvalue weighted by molar-refractivity contribution is 5.81. The van der Waals surface area contributed by atoms with Gasteiger partial charge in [-0.25, -0.2) is 0 Å². The molecule has 0 aromatic carbocycles. The Balaban J connectivity index is 2.86. The van der Waals surface area contributed by atoms with Crippen LogP contribution in [0, 0.1) is 17.9 Å². The molecule has 0 bridgehead atoms. The normalized spacial score (nSPS) is 16.2. The van der Waals surface area contributed by atoms with Gasteiger partial charge in [0.25, 0.3) is 0 Å². The first-order valence-electron chi connectivity index (χ1n) is 3.49. The number of hydrogen-bond acceptors (Lipinski definition) is 5. The molecule has 0 aromatic rings. The third kappa shape index (κ3) is 1.66. The molecule has 63 valence electrons. The predicted molar refractivity (Wildman–Crippen MR) is 43.3 cm³/mol. The summed E-state index contributed by atoms with van der Waals surface area (Å²) in [7, 11) is 0. The van der Waals surface area contributed by atoms with Gasteiger partial charge in [-0.3, -0.25) is 0 Å². The third-order valence-corrected chi connectivity index (χ3v) is 1.22. The average molecular weight is 165 g/mol. The molecule has 0 aromatic heterocycles. The molecule has 1 rings (SSSR count). The number of guanidine groups is 1. The molecule has 1 heterocycles. The van der Waals surface area contributed by atoms with Crippen LogP contribution in [0.2, 0.25) is 0 Å². The van der Waals surface area contributed by atoms with E-state index in [4.69, 9.17) is 15.7 Å². The van der Waals surface area contributed by atoms with E-state index < -0.39 is 0 Å². The van der Waals surface area contributed by atoms with Crippen molar-refractivity contribution in [1.29, 1.82) is 5.26 Å². The Morgan fingerprint density at radius 2 is 2.58 bits per heavy atom. The van der Waals surface area contributed by atoms with Gasteiger partial charge in [0.1, 0.15) is 11.6 Å². The van der Waals surface area contributed by atoms with E-state index >= 15 is 0 Å². The molecule has 3 N–H and O–H groups in total. The van der Waals surface area contributed by atoms with Crippen molar-refractivity contribution in [3.8, 4) is 6.07 Å². The van der Waals surface area contributed by atoms with Crippen molar-refractivity contribution in [2.75, 3.05) is 6.61 Å². The SMILES string of the molecule is CCOC1=C(C#N)[CH]NC(N)=N1. The second-order valence-electron chi connectivity index (χ2n) is 2.05. The van der Waals surface area contributed by atoms with Crippen LogP contribution in [0.1, 0.15) is 6.92 Å². The van der Waals surface area contributed by atoms with Gasteiger partial charge in [-0.2, -0.15) is 10.3 Å². The molecule has 5 nitrogen and oxygen atoms in total. The Kier molecular flexibility index (Phi) is 2.53. The van der Waals surface area contributed by atoms with Gasteiger partial charge in [-0.1, -0.05) is 0 Å². The molecule has 1 aliphatic rings. The minimum Gasteiger partial charge on any atom is -0.477 e. The second kappa shape index (κ2) is 3.62. The van der Waals surface area contributed by atoms with Crippen molar-refractivity contribution in [3.63, 3.8) is 0 Å². The summed E-state index contributed by atoms with van der Waals surface area (Å²) in [4.78, 5) is 3.81. The number of ether oxygens (including phenoxy) is 1. The van der Waals surface area contributed by atoms with E-state index in [1.807, 2.05) is 13.0 Å². The third-order valence-electron chi connectivity index (χ3n) is 1.22. The topological polar surface area (TPSA) is 83.4 Å². The van der Waals surface area contributed by atoms with Crippen molar-refractivity contribution >= 4 is 5.96 Å². The zero-order chi connectivity index (χ0) is 8.97. The average Bonchev–Trinajstić information content (AvgIpc) is 2.05. The van der Waals surface area contributed by atoms with Crippen LogP contribution in [0.5, 0.6) is 0 Å². The maximum atomic E-state index is 8.61. The van der Waals surface area contributed by atoms with Crippen LogP contribution in [-0.2, 0) is 4.74 Å². The smallest absolute Gasteiger partial charge is 0.232 e. The molecule has 1 radical (unpaired) electrons. The van der Waals surface area contributed by atoms with Crippen molar-refractivity contribution < 1.29 is 4.74 Å². The largest absolute Gasteiger partial charge is 0.477 e. The number of nitrogens with zero attached hydrogens (tertiary/aromatic N) is 2. The summed E-state index contributed by atoms with van der Waals surface area (Å²) in [6, 6.07) is 1.93. The van der Waals surface area contributed by atoms with Gasteiger partial charge in [0, 0.05) is 0 Å². The second-order valence-corrected chi connectivity index (χ2v) is 2.05. The van der Waals surface area contributed by atoms with E-state index in [0.29, 0.717) is 12.2 Å². The summed E-state index contributed by atoms with van der Waals surface area (Å²) >= 11 is 0. The van der Waals surface area contributed by atoms with Gasteiger partial charge in [0.2, 0.25) is 5.88 Å². The summed E-state index contributed by atoms with van der Waals surface area (Å²) in [6.07, 6.45) is 0. The van der Waals surface area contributed by atoms with Gasteiger partial charge in [-0.05, 0) is 6.92 Å². The van der Waals surface area contributed by atoms with Crippen LogP contribution in [0.15, 0.2) is 16.4 Å². The summed E-state index contributed by atoms with van der Waals surface area (Å²) in [5.41, 5.74) is 5.71. The van der Waals surface area contributed by atoms with Crippen molar-refractivity contribution in [2.24, 2.45) is 10.7 Å². The lowest BCUT2D eigenvalue weighted by Crippen LogP contribution is -2.33. The molecule has 0 unspecified atom stereocenters. The minimum absolute atomic E-state index is 0.234. The van der Waals surface area contributed by atoms with Crippen LogP contribution < -0.4 is 11.1 Å². The lowest BCUT2D eigenvalue weighted by Gasteiger charge is -2.13. The molecule has 5 heteroatoms. The molecule has 0 saturated carbocycles. The van der Waals surface area contributed by atoms with E-state index in [-0.39, 0.29) is 11.8 Å². The fourth-order valence-corrected chi connectivity index (χ4v) is 0.737. The van der Waals surface area contributed by atoms with Gasteiger partial charge in [0.15, 0.2) is 5.96 Å². The van der Waals surface area contributed by atoms with E-state index in [1.165, 1.54) is 6.54 Å². The van der Waals surface area contributed by atoms with Gasteiger partial charge >= 0.3 is 0 Å². The van der Waals surface area contributed by atoms with Crippen LogP contribution >= 0.6 is 0 Å². The molecular weight excluding hydrogens is 156 g/mol. The molecular formula is C7H9N4O. The fourth-order valence-electron chi connectivity index (χ4n) is 0.737. The fraction of sp³-hybridized carbons (Fsp3) is 0.286. The molecule has 12 heavy (non-hydrogen) atoms. The van der Waals surface area contributed by atoms with Crippen LogP contribution in [-0.4, -0.2) is 12.6 Å². The number of nitriles is 1. The Bertz CT molecular complexity index is 274. The number of hydrogen-bond donors (Lipinski definition) is 2. The number of nitrogens with two attached hydrogens (primary N) is 1. The summed E-state index contributed by atoms with van der Waals surface area (Å²) in [6.45, 7) is 3.74. The van der Waals surface area contributed by atoms with E-state index in [2.05, 4.69) is 10.3 Å². The Hall–Kier alpha value is -1.70. The monoisotopic (exact) mass is 165 g/mol. The highest BCUT2D eigenvalue weighted by atomic mass is 16.5. The first-order valence-corrected chi connectivity index (χ1v) is 3.49. The maximum absolute atomic E-state index is 8.61. The number of aliphatic imine (C=N–C) groups is 1. The predicted octanol–water partition coefficient (Wildman–Crippen LogP) is -0.162. The lowest BCUT2D eigenvalue weighted by atomic mass is 10.3. The number of nitrogens with one attached hydrogen (secondary N) is 1. The van der Waals surface area contributed by atoms with E-state index in [9.17, 15) is 0 Å². The molecule has 0 amide bonds. The highest BCUT2D eigenvalue weighted by Gasteiger charge is 2.13. The molecule has 1 aliphatic heterocycles.